The lowest BCUT2D eigenvalue weighted by molar-refractivity contribution is -0.116. The molecule has 0 saturated heterocycles. The van der Waals surface area contributed by atoms with Gasteiger partial charge in [-0.05, 0) is 42.5 Å². The normalized spacial score (nSPS) is 9.82. The number of hydrogen-bond acceptors (Lipinski definition) is 3. The molecule has 0 fully saturated rings. The van der Waals surface area contributed by atoms with Crippen LogP contribution in [-0.4, -0.2) is 11.7 Å². The summed E-state index contributed by atoms with van der Waals surface area (Å²) in [4.78, 5) is 23.8. The van der Waals surface area contributed by atoms with Crippen molar-refractivity contribution in [2.75, 3.05) is 5.32 Å². The highest BCUT2D eigenvalue weighted by Crippen LogP contribution is 2.13. The summed E-state index contributed by atoms with van der Waals surface area (Å²) in [5, 5.41) is 12.0. The second-order valence-corrected chi connectivity index (χ2v) is 5.11. The van der Waals surface area contributed by atoms with Gasteiger partial charge in [0.15, 0.2) is 5.78 Å². The van der Waals surface area contributed by atoms with Crippen molar-refractivity contribution in [3.05, 3.63) is 64.7 Å². The Hall–Kier alpha value is -2.64. The number of ketones is 1. The van der Waals surface area contributed by atoms with Crippen molar-refractivity contribution in [3.8, 4) is 6.07 Å². The second kappa shape index (κ2) is 7.39. The minimum atomic E-state index is -0.266. The van der Waals surface area contributed by atoms with Crippen LogP contribution in [0.15, 0.2) is 48.5 Å². The van der Waals surface area contributed by atoms with Crippen LogP contribution in [0.2, 0.25) is 5.02 Å². The standard InChI is InChI=1S/C17H13ClN2O2/c18-14-6-4-13(5-7-14)16(21)8-9-17(22)20-15-3-1-2-12(10-15)11-19/h1-7,10H,8-9H2,(H,20,22). The van der Waals surface area contributed by atoms with Crippen LogP contribution >= 0.6 is 11.6 Å². The van der Waals surface area contributed by atoms with Gasteiger partial charge in [-0.3, -0.25) is 9.59 Å². The van der Waals surface area contributed by atoms with Gasteiger partial charge in [0.25, 0.3) is 0 Å². The maximum Gasteiger partial charge on any atom is 0.224 e. The molecule has 0 unspecified atom stereocenters. The number of anilines is 1. The van der Waals surface area contributed by atoms with Gasteiger partial charge >= 0.3 is 0 Å². The fraction of sp³-hybridized carbons (Fsp3) is 0.118. The molecule has 0 aliphatic heterocycles. The molecule has 2 aromatic rings. The quantitative estimate of drug-likeness (QED) is 0.853. The summed E-state index contributed by atoms with van der Waals surface area (Å²) in [5.41, 5.74) is 1.54. The molecule has 0 atom stereocenters. The molecule has 0 aliphatic rings. The highest BCUT2D eigenvalue weighted by atomic mass is 35.5. The lowest BCUT2D eigenvalue weighted by Crippen LogP contribution is -2.13. The maximum atomic E-state index is 11.9. The molecule has 2 aromatic carbocycles. The van der Waals surface area contributed by atoms with Crippen molar-refractivity contribution in [2.24, 2.45) is 0 Å². The smallest absolute Gasteiger partial charge is 0.224 e. The second-order valence-electron chi connectivity index (χ2n) is 4.67. The Morgan fingerprint density at radius 1 is 1.09 bits per heavy atom. The van der Waals surface area contributed by atoms with Gasteiger partial charge in [0.1, 0.15) is 0 Å². The van der Waals surface area contributed by atoms with Crippen LogP contribution in [0.5, 0.6) is 0 Å². The summed E-state index contributed by atoms with van der Waals surface area (Å²) in [6.07, 6.45) is 0.198. The molecule has 5 heteroatoms. The zero-order chi connectivity index (χ0) is 15.9. The topological polar surface area (TPSA) is 70.0 Å². The Kier molecular flexibility index (Phi) is 5.29. The van der Waals surface area contributed by atoms with Crippen LogP contribution in [0.3, 0.4) is 0 Å². The molecule has 0 aliphatic carbocycles. The molecule has 0 heterocycles. The van der Waals surface area contributed by atoms with Crippen LogP contribution < -0.4 is 5.32 Å². The van der Waals surface area contributed by atoms with Gasteiger partial charge in [0.05, 0.1) is 11.6 Å². The molecule has 0 radical (unpaired) electrons. The SMILES string of the molecule is N#Cc1cccc(NC(=O)CCC(=O)c2ccc(Cl)cc2)c1. The van der Waals surface area contributed by atoms with E-state index in [1.807, 2.05) is 6.07 Å². The molecule has 22 heavy (non-hydrogen) atoms. The molecule has 0 spiro atoms. The van der Waals surface area contributed by atoms with E-state index in [4.69, 9.17) is 16.9 Å². The van der Waals surface area contributed by atoms with Crippen molar-refractivity contribution in [2.45, 2.75) is 12.8 Å². The van der Waals surface area contributed by atoms with Gasteiger partial charge in [-0.2, -0.15) is 5.26 Å². The Morgan fingerprint density at radius 3 is 2.50 bits per heavy atom. The van der Waals surface area contributed by atoms with Crippen LogP contribution in [0.25, 0.3) is 0 Å². The molecule has 0 bridgehead atoms. The average molecular weight is 313 g/mol. The van der Waals surface area contributed by atoms with E-state index in [0.717, 1.165) is 0 Å². The molecule has 110 valence electrons. The first kappa shape index (κ1) is 15.7. The largest absolute Gasteiger partial charge is 0.326 e. The van der Waals surface area contributed by atoms with Crippen LogP contribution in [0.4, 0.5) is 5.69 Å². The molecule has 0 saturated carbocycles. The number of Topliss-reactive ketones (excluding diaryl/α,β-unsaturated/α-hetero) is 1. The Labute approximate surface area is 133 Å². The van der Waals surface area contributed by atoms with Gasteiger partial charge < -0.3 is 5.32 Å². The predicted molar refractivity (Wildman–Crippen MR) is 84.8 cm³/mol. The predicted octanol–water partition coefficient (Wildman–Crippen LogP) is 3.81. The summed E-state index contributed by atoms with van der Waals surface area (Å²) in [7, 11) is 0. The minimum Gasteiger partial charge on any atom is -0.326 e. The number of carbonyl (C=O) groups is 2. The van der Waals surface area contributed by atoms with Gasteiger partial charge in [-0.1, -0.05) is 17.7 Å². The first-order valence-corrected chi connectivity index (χ1v) is 7.05. The number of benzene rings is 2. The van der Waals surface area contributed by atoms with Gasteiger partial charge in [-0.15, -0.1) is 0 Å². The van der Waals surface area contributed by atoms with E-state index < -0.39 is 0 Å². The van der Waals surface area contributed by atoms with E-state index >= 15 is 0 Å². The van der Waals surface area contributed by atoms with Gasteiger partial charge in [-0.25, -0.2) is 0 Å². The number of hydrogen-bond donors (Lipinski definition) is 1. The number of nitrogens with one attached hydrogen (secondary N) is 1. The molecule has 1 N–H and O–H groups in total. The zero-order valence-corrected chi connectivity index (χ0v) is 12.4. The molecule has 2 rings (SSSR count). The number of amides is 1. The summed E-state index contributed by atoms with van der Waals surface area (Å²) >= 11 is 5.76. The third-order valence-electron chi connectivity index (χ3n) is 3.02. The van der Waals surface area contributed by atoms with Gasteiger partial charge in [0.2, 0.25) is 5.91 Å². The fourth-order valence-corrected chi connectivity index (χ4v) is 2.02. The number of rotatable bonds is 5. The monoisotopic (exact) mass is 312 g/mol. The summed E-state index contributed by atoms with van der Waals surface area (Å²) < 4.78 is 0. The Balaban J connectivity index is 1.88. The van der Waals surface area contributed by atoms with Crippen molar-refractivity contribution in [1.29, 1.82) is 5.26 Å². The number of halogens is 1. The van der Waals surface area contributed by atoms with E-state index in [1.165, 1.54) is 0 Å². The number of nitriles is 1. The lowest BCUT2D eigenvalue weighted by Gasteiger charge is -2.05. The highest BCUT2D eigenvalue weighted by Gasteiger charge is 2.09. The van der Waals surface area contributed by atoms with Crippen molar-refractivity contribution in [3.63, 3.8) is 0 Å². The van der Waals surface area contributed by atoms with Crippen LogP contribution in [-0.2, 0) is 4.79 Å². The molecule has 1 amide bonds. The first-order chi connectivity index (χ1) is 10.6. The lowest BCUT2D eigenvalue weighted by atomic mass is 10.1. The Morgan fingerprint density at radius 2 is 1.82 bits per heavy atom. The van der Waals surface area contributed by atoms with Crippen molar-refractivity contribution < 1.29 is 9.59 Å². The molecule has 0 aromatic heterocycles. The molecular formula is C17H13ClN2O2. The Bertz CT molecular complexity index is 733. The molecule has 4 nitrogen and oxygen atoms in total. The van der Waals surface area contributed by atoms with Crippen molar-refractivity contribution in [1.82, 2.24) is 0 Å². The first-order valence-electron chi connectivity index (χ1n) is 6.67. The van der Waals surface area contributed by atoms with Crippen LogP contribution in [0.1, 0.15) is 28.8 Å². The van der Waals surface area contributed by atoms with Crippen LogP contribution in [0, 0.1) is 11.3 Å². The third-order valence-corrected chi connectivity index (χ3v) is 3.27. The zero-order valence-electron chi connectivity index (χ0n) is 11.7. The molecular weight excluding hydrogens is 300 g/mol. The van der Waals surface area contributed by atoms with Gasteiger partial charge in [0, 0.05) is 29.1 Å². The maximum absolute atomic E-state index is 11.9. The fourth-order valence-electron chi connectivity index (χ4n) is 1.90. The van der Waals surface area contributed by atoms with E-state index in [0.29, 0.717) is 21.8 Å². The summed E-state index contributed by atoms with van der Waals surface area (Å²) in [6, 6.07) is 15.2. The third kappa shape index (κ3) is 4.44. The number of carbonyl (C=O) groups excluding carboxylic acids is 2. The number of nitrogens with zero attached hydrogens (tertiary/aromatic N) is 1. The summed E-state index contributed by atoms with van der Waals surface area (Å²) in [5.74, 6) is -0.380. The van der Waals surface area contributed by atoms with E-state index in [-0.39, 0.29) is 24.5 Å². The van der Waals surface area contributed by atoms with E-state index in [2.05, 4.69) is 5.32 Å². The average Bonchev–Trinajstić information content (AvgIpc) is 2.53. The minimum absolute atomic E-state index is 0.0816. The highest BCUT2D eigenvalue weighted by molar-refractivity contribution is 6.30. The van der Waals surface area contributed by atoms with E-state index in [1.54, 1.807) is 48.5 Å². The van der Waals surface area contributed by atoms with E-state index in [9.17, 15) is 9.59 Å². The van der Waals surface area contributed by atoms with Crippen molar-refractivity contribution >= 4 is 29.0 Å². The summed E-state index contributed by atoms with van der Waals surface area (Å²) in [6.45, 7) is 0.